The van der Waals surface area contributed by atoms with Crippen LogP contribution in [0.4, 0.5) is 0 Å². The van der Waals surface area contributed by atoms with Crippen molar-refractivity contribution in [3.63, 3.8) is 0 Å². The zero-order valence-corrected chi connectivity index (χ0v) is 11.0. The highest BCUT2D eigenvalue weighted by atomic mass is 16.5. The van der Waals surface area contributed by atoms with Gasteiger partial charge in [-0.3, -0.25) is 0 Å². The van der Waals surface area contributed by atoms with Gasteiger partial charge in [0.2, 0.25) is 0 Å². The fourth-order valence-electron chi connectivity index (χ4n) is 2.47. The van der Waals surface area contributed by atoms with Crippen molar-refractivity contribution in [2.24, 2.45) is 5.92 Å². The Hall–Kier alpha value is -1.02. The third kappa shape index (κ3) is 3.47. The van der Waals surface area contributed by atoms with Gasteiger partial charge in [0.25, 0.3) is 0 Å². The predicted octanol–water partition coefficient (Wildman–Crippen LogP) is 2.80. The van der Waals surface area contributed by atoms with Gasteiger partial charge in [-0.2, -0.15) is 0 Å². The zero-order valence-electron chi connectivity index (χ0n) is 11.0. The van der Waals surface area contributed by atoms with E-state index in [2.05, 4.69) is 30.4 Å². The molecule has 1 unspecified atom stereocenters. The number of benzene rings is 1. The Morgan fingerprint density at radius 3 is 2.94 bits per heavy atom. The van der Waals surface area contributed by atoms with Crippen molar-refractivity contribution in [3.8, 4) is 5.75 Å². The van der Waals surface area contributed by atoms with Crippen LogP contribution in [0.15, 0.2) is 18.2 Å². The maximum atomic E-state index is 5.82. The van der Waals surface area contributed by atoms with Crippen LogP contribution in [0.2, 0.25) is 0 Å². The minimum Gasteiger partial charge on any atom is -0.494 e. The van der Waals surface area contributed by atoms with Gasteiger partial charge < -0.3 is 10.1 Å². The SMILES string of the molecule is CNCC(C)CCOc1ccc2c(c1)CCC2. The molecule has 0 fully saturated rings. The van der Waals surface area contributed by atoms with Gasteiger partial charge in [0.1, 0.15) is 5.75 Å². The number of ether oxygens (including phenoxy) is 1. The number of hydrogen-bond donors (Lipinski definition) is 1. The summed E-state index contributed by atoms with van der Waals surface area (Å²) < 4.78 is 5.82. The first kappa shape index (κ1) is 12.4. The number of rotatable bonds is 6. The molecule has 0 saturated carbocycles. The van der Waals surface area contributed by atoms with E-state index in [9.17, 15) is 0 Å². The molecule has 0 bridgehead atoms. The molecule has 1 N–H and O–H groups in total. The summed E-state index contributed by atoms with van der Waals surface area (Å²) in [5.74, 6) is 1.72. The van der Waals surface area contributed by atoms with E-state index in [1.807, 2.05) is 7.05 Å². The summed E-state index contributed by atoms with van der Waals surface area (Å²) in [6.07, 6.45) is 4.88. The third-order valence-electron chi connectivity index (χ3n) is 3.50. The van der Waals surface area contributed by atoms with Crippen molar-refractivity contribution in [3.05, 3.63) is 29.3 Å². The Balaban J connectivity index is 1.79. The lowest BCUT2D eigenvalue weighted by Gasteiger charge is -2.12. The summed E-state index contributed by atoms with van der Waals surface area (Å²) in [4.78, 5) is 0. The van der Waals surface area contributed by atoms with E-state index in [0.717, 1.165) is 25.3 Å². The Labute approximate surface area is 104 Å². The van der Waals surface area contributed by atoms with E-state index in [1.165, 1.54) is 30.4 Å². The van der Waals surface area contributed by atoms with E-state index in [0.29, 0.717) is 5.92 Å². The van der Waals surface area contributed by atoms with E-state index in [1.54, 1.807) is 0 Å². The summed E-state index contributed by atoms with van der Waals surface area (Å²) in [6.45, 7) is 4.14. The van der Waals surface area contributed by atoms with Gasteiger partial charge in [0.15, 0.2) is 0 Å². The highest BCUT2D eigenvalue weighted by Crippen LogP contribution is 2.26. The second-order valence-corrected chi connectivity index (χ2v) is 5.08. The van der Waals surface area contributed by atoms with Crippen molar-refractivity contribution in [2.75, 3.05) is 20.2 Å². The fraction of sp³-hybridized carbons (Fsp3) is 0.600. The van der Waals surface area contributed by atoms with E-state index < -0.39 is 0 Å². The average Bonchev–Trinajstić information content (AvgIpc) is 2.76. The van der Waals surface area contributed by atoms with Crippen molar-refractivity contribution in [1.29, 1.82) is 0 Å². The topological polar surface area (TPSA) is 21.3 Å². The van der Waals surface area contributed by atoms with Crippen LogP contribution in [0.1, 0.15) is 30.9 Å². The lowest BCUT2D eigenvalue weighted by molar-refractivity contribution is 0.282. The summed E-state index contributed by atoms with van der Waals surface area (Å²) >= 11 is 0. The second kappa shape index (κ2) is 6.06. The monoisotopic (exact) mass is 233 g/mol. The molecule has 0 saturated heterocycles. The molecule has 94 valence electrons. The maximum Gasteiger partial charge on any atom is 0.119 e. The molecule has 1 aliphatic rings. The smallest absolute Gasteiger partial charge is 0.119 e. The molecule has 0 aromatic heterocycles. The normalized spacial score (nSPS) is 15.6. The molecule has 17 heavy (non-hydrogen) atoms. The van der Waals surface area contributed by atoms with Gasteiger partial charge in [-0.1, -0.05) is 13.0 Å². The molecule has 1 aromatic carbocycles. The summed E-state index contributed by atoms with van der Waals surface area (Å²) in [6, 6.07) is 6.58. The standard InChI is InChI=1S/C15H23NO/c1-12(11-16-2)8-9-17-15-7-6-13-4-3-5-14(13)10-15/h6-7,10,12,16H,3-5,8-9,11H2,1-2H3. The van der Waals surface area contributed by atoms with Gasteiger partial charge in [-0.25, -0.2) is 0 Å². The molecular formula is C15H23NO. The molecule has 1 aliphatic carbocycles. The Morgan fingerprint density at radius 2 is 2.12 bits per heavy atom. The Bertz CT molecular complexity index is 362. The zero-order chi connectivity index (χ0) is 12.1. The Kier molecular flexibility index (Phi) is 4.43. The highest BCUT2D eigenvalue weighted by Gasteiger charge is 2.11. The molecule has 2 nitrogen and oxygen atoms in total. The van der Waals surface area contributed by atoms with Crippen molar-refractivity contribution in [1.82, 2.24) is 5.32 Å². The van der Waals surface area contributed by atoms with Crippen molar-refractivity contribution in [2.45, 2.75) is 32.6 Å². The van der Waals surface area contributed by atoms with Gasteiger partial charge in [0, 0.05) is 0 Å². The molecule has 0 heterocycles. The number of nitrogens with one attached hydrogen (secondary N) is 1. The van der Waals surface area contributed by atoms with Crippen LogP contribution < -0.4 is 10.1 Å². The van der Waals surface area contributed by atoms with Gasteiger partial charge in [-0.05, 0) is 68.5 Å². The van der Waals surface area contributed by atoms with Crippen LogP contribution in [-0.4, -0.2) is 20.2 Å². The quantitative estimate of drug-likeness (QED) is 0.816. The van der Waals surface area contributed by atoms with Crippen LogP contribution in [0.5, 0.6) is 5.75 Å². The van der Waals surface area contributed by atoms with Crippen LogP contribution in [0.25, 0.3) is 0 Å². The molecule has 1 aromatic rings. The maximum absolute atomic E-state index is 5.82. The minimum absolute atomic E-state index is 0.675. The van der Waals surface area contributed by atoms with E-state index in [-0.39, 0.29) is 0 Å². The minimum atomic E-state index is 0.675. The van der Waals surface area contributed by atoms with Gasteiger partial charge in [0.05, 0.1) is 6.61 Å². The molecule has 0 radical (unpaired) electrons. The van der Waals surface area contributed by atoms with Crippen LogP contribution >= 0.6 is 0 Å². The molecular weight excluding hydrogens is 210 g/mol. The van der Waals surface area contributed by atoms with Crippen LogP contribution in [0.3, 0.4) is 0 Å². The van der Waals surface area contributed by atoms with Crippen molar-refractivity contribution < 1.29 is 4.74 Å². The Morgan fingerprint density at radius 1 is 1.29 bits per heavy atom. The molecule has 0 amide bonds. The van der Waals surface area contributed by atoms with Gasteiger partial charge in [-0.15, -0.1) is 0 Å². The second-order valence-electron chi connectivity index (χ2n) is 5.08. The molecule has 2 heteroatoms. The summed E-state index contributed by atoms with van der Waals surface area (Å²) in [5, 5.41) is 3.19. The van der Waals surface area contributed by atoms with E-state index >= 15 is 0 Å². The van der Waals surface area contributed by atoms with E-state index in [4.69, 9.17) is 4.74 Å². The number of fused-ring (bicyclic) bond motifs is 1. The number of hydrogen-bond acceptors (Lipinski definition) is 2. The predicted molar refractivity (Wildman–Crippen MR) is 71.7 cm³/mol. The first-order chi connectivity index (χ1) is 8.29. The molecule has 1 atom stereocenters. The molecule has 0 aliphatic heterocycles. The lowest BCUT2D eigenvalue weighted by Crippen LogP contribution is -2.18. The first-order valence-electron chi connectivity index (χ1n) is 6.69. The third-order valence-corrected chi connectivity index (χ3v) is 3.50. The first-order valence-corrected chi connectivity index (χ1v) is 6.69. The lowest BCUT2D eigenvalue weighted by atomic mass is 10.1. The fourth-order valence-corrected chi connectivity index (χ4v) is 2.47. The number of aryl methyl sites for hydroxylation is 2. The highest BCUT2D eigenvalue weighted by molar-refractivity contribution is 5.38. The summed E-state index contributed by atoms with van der Waals surface area (Å²) in [7, 11) is 2.00. The summed E-state index contributed by atoms with van der Waals surface area (Å²) in [5.41, 5.74) is 3.01. The molecule has 0 spiro atoms. The van der Waals surface area contributed by atoms with Gasteiger partial charge >= 0.3 is 0 Å². The average molecular weight is 233 g/mol. The molecule has 2 rings (SSSR count). The van der Waals surface area contributed by atoms with Crippen LogP contribution in [-0.2, 0) is 12.8 Å². The van der Waals surface area contributed by atoms with Crippen molar-refractivity contribution >= 4 is 0 Å². The van der Waals surface area contributed by atoms with Crippen LogP contribution in [0, 0.1) is 5.92 Å². The largest absolute Gasteiger partial charge is 0.494 e.